The molecule has 0 radical (unpaired) electrons. The van der Waals surface area contributed by atoms with Gasteiger partial charge in [0.05, 0.1) is 0 Å². The van der Waals surface area contributed by atoms with Gasteiger partial charge < -0.3 is 20.9 Å². The van der Waals surface area contributed by atoms with Crippen molar-refractivity contribution in [1.29, 1.82) is 0 Å². The summed E-state index contributed by atoms with van der Waals surface area (Å²) in [7, 11) is 0. The maximum absolute atomic E-state index is 12.4. The molecule has 1 aliphatic rings. The van der Waals surface area contributed by atoms with Crippen LogP contribution in [0.3, 0.4) is 0 Å². The maximum atomic E-state index is 12.4. The fraction of sp³-hybridized carbons (Fsp3) is 0.211. The molecular formula is C19H15N7O5. The van der Waals surface area contributed by atoms with Crippen LogP contribution in [0.5, 0.6) is 0 Å². The highest BCUT2D eigenvalue weighted by Crippen LogP contribution is 2.26. The number of rotatable bonds is 4. The Bertz CT molecular complexity index is 1480. The standard InChI is InChI=1S/C19H15N7O5/c20-11-13(15(28)14(11)27)26-4-3-9-2-1-8(5-10(9)7-26)6-21-19(30)17-22-16-12(18(29)23-17)24-31-25-16/h1-2,5H,3-4,6-7,20H2,(H,21,30)(H,22,23,25,29). The third kappa shape index (κ3) is 3.04. The van der Waals surface area contributed by atoms with Gasteiger partial charge >= 0.3 is 0 Å². The van der Waals surface area contributed by atoms with Gasteiger partial charge in [0.2, 0.25) is 17.0 Å². The molecule has 4 N–H and O–H groups in total. The van der Waals surface area contributed by atoms with Gasteiger partial charge in [0.25, 0.3) is 22.3 Å². The van der Waals surface area contributed by atoms with Crippen molar-refractivity contribution in [2.75, 3.05) is 17.2 Å². The molecule has 12 nitrogen and oxygen atoms in total. The highest BCUT2D eigenvalue weighted by molar-refractivity contribution is 5.91. The van der Waals surface area contributed by atoms with Crippen molar-refractivity contribution in [3.05, 3.63) is 71.5 Å². The van der Waals surface area contributed by atoms with E-state index < -0.39 is 22.3 Å². The number of nitrogens with zero attached hydrogens (tertiary/aromatic N) is 4. The van der Waals surface area contributed by atoms with Crippen LogP contribution in [-0.4, -0.2) is 32.7 Å². The monoisotopic (exact) mass is 421 g/mol. The molecule has 5 rings (SSSR count). The zero-order chi connectivity index (χ0) is 21.7. The van der Waals surface area contributed by atoms with Gasteiger partial charge in [-0.3, -0.25) is 19.2 Å². The molecular weight excluding hydrogens is 406 g/mol. The first-order valence-electron chi connectivity index (χ1n) is 9.37. The lowest BCUT2D eigenvalue weighted by atomic mass is 9.96. The average Bonchev–Trinajstić information content (AvgIpc) is 3.26. The fourth-order valence-electron chi connectivity index (χ4n) is 3.70. The van der Waals surface area contributed by atoms with Gasteiger partial charge in [-0.2, -0.15) is 0 Å². The molecule has 31 heavy (non-hydrogen) atoms. The number of nitrogens with two attached hydrogens (primary N) is 1. The van der Waals surface area contributed by atoms with E-state index in [0.717, 1.165) is 16.7 Å². The first-order chi connectivity index (χ1) is 14.9. The zero-order valence-corrected chi connectivity index (χ0v) is 16.0. The Kier molecular flexibility index (Phi) is 4.13. The first-order valence-corrected chi connectivity index (χ1v) is 9.37. The first kappa shape index (κ1) is 18.7. The van der Waals surface area contributed by atoms with Crippen molar-refractivity contribution in [2.45, 2.75) is 19.5 Å². The molecule has 0 saturated heterocycles. The van der Waals surface area contributed by atoms with Crippen LogP contribution in [-0.2, 0) is 19.5 Å². The second kappa shape index (κ2) is 6.86. The molecule has 156 valence electrons. The van der Waals surface area contributed by atoms with E-state index >= 15 is 0 Å². The van der Waals surface area contributed by atoms with Gasteiger partial charge in [0.1, 0.15) is 11.4 Å². The molecule has 1 amide bonds. The summed E-state index contributed by atoms with van der Waals surface area (Å²) >= 11 is 0. The number of hydrogen-bond donors (Lipinski definition) is 3. The van der Waals surface area contributed by atoms with Crippen molar-refractivity contribution in [1.82, 2.24) is 25.6 Å². The molecule has 0 fully saturated rings. The second-order valence-electron chi connectivity index (χ2n) is 7.23. The Morgan fingerprint density at radius 3 is 2.84 bits per heavy atom. The van der Waals surface area contributed by atoms with Crippen LogP contribution < -0.4 is 32.4 Å². The largest absolute Gasteiger partial charge is 0.394 e. The smallest absolute Gasteiger partial charge is 0.287 e. The van der Waals surface area contributed by atoms with Crippen LogP contribution >= 0.6 is 0 Å². The molecule has 0 atom stereocenters. The van der Waals surface area contributed by atoms with Crippen molar-refractivity contribution in [3.63, 3.8) is 0 Å². The van der Waals surface area contributed by atoms with Crippen LogP contribution in [0.1, 0.15) is 27.3 Å². The third-order valence-corrected chi connectivity index (χ3v) is 5.32. The molecule has 12 heteroatoms. The topological polar surface area (TPSA) is 177 Å². The van der Waals surface area contributed by atoms with E-state index in [0.29, 0.717) is 19.5 Å². The number of carbonyl (C=O) groups is 1. The van der Waals surface area contributed by atoms with Crippen LogP contribution in [0, 0.1) is 0 Å². The van der Waals surface area contributed by atoms with Crippen molar-refractivity contribution >= 4 is 28.4 Å². The summed E-state index contributed by atoms with van der Waals surface area (Å²) in [5.41, 5.74) is 6.95. The molecule has 1 aliphatic heterocycles. The lowest BCUT2D eigenvalue weighted by Gasteiger charge is -2.32. The maximum Gasteiger partial charge on any atom is 0.287 e. The molecule has 0 unspecified atom stereocenters. The number of aromatic amines is 1. The van der Waals surface area contributed by atoms with Gasteiger partial charge in [-0.15, -0.1) is 0 Å². The van der Waals surface area contributed by atoms with Crippen molar-refractivity contribution < 1.29 is 9.42 Å². The summed E-state index contributed by atoms with van der Waals surface area (Å²) < 4.78 is 4.45. The second-order valence-corrected chi connectivity index (χ2v) is 7.23. The number of fused-ring (bicyclic) bond motifs is 2. The highest BCUT2D eigenvalue weighted by Gasteiger charge is 2.26. The molecule has 2 aromatic heterocycles. The Balaban J connectivity index is 1.31. The predicted octanol–water partition coefficient (Wildman–Crippen LogP) is -1.02. The normalized spacial score (nSPS) is 13.5. The zero-order valence-electron chi connectivity index (χ0n) is 16.0. The van der Waals surface area contributed by atoms with E-state index in [1.165, 1.54) is 0 Å². The van der Waals surface area contributed by atoms with Crippen LogP contribution in [0.2, 0.25) is 0 Å². The summed E-state index contributed by atoms with van der Waals surface area (Å²) in [5, 5.41) is 9.58. The van der Waals surface area contributed by atoms with E-state index in [-0.39, 0.29) is 34.9 Å². The lowest BCUT2D eigenvalue weighted by Crippen LogP contribution is -2.44. The van der Waals surface area contributed by atoms with Gasteiger partial charge in [0.15, 0.2) is 0 Å². The van der Waals surface area contributed by atoms with Gasteiger partial charge in [-0.25, -0.2) is 9.61 Å². The lowest BCUT2D eigenvalue weighted by molar-refractivity contribution is 0.0940. The predicted molar refractivity (Wildman–Crippen MR) is 108 cm³/mol. The summed E-state index contributed by atoms with van der Waals surface area (Å²) in [5.74, 6) is -0.786. The van der Waals surface area contributed by atoms with Crippen molar-refractivity contribution in [3.8, 4) is 0 Å². The Morgan fingerprint density at radius 1 is 1.19 bits per heavy atom. The third-order valence-electron chi connectivity index (χ3n) is 5.32. The fourth-order valence-corrected chi connectivity index (χ4v) is 3.70. The molecule has 0 saturated carbocycles. The summed E-state index contributed by atoms with van der Waals surface area (Å²) in [6.45, 7) is 1.22. The van der Waals surface area contributed by atoms with Crippen molar-refractivity contribution in [2.24, 2.45) is 0 Å². The van der Waals surface area contributed by atoms with Gasteiger partial charge in [-0.1, -0.05) is 18.2 Å². The van der Waals surface area contributed by atoms with E-state index in [1.807, 2.05) is 18.2 Å². The molecule has 0 bridgehead atoms. The number of hydrogen-bond acceptors (Lipinski definition) is 10. The Hall–Kier alpha value is -4.35. The van der Waals surface area contributed by atoms with Crippen LogP contribution in [0.15, 0.2) is 37.2 Å². The summed E-state index contributed by atoms with van der Waals surface area (Å²) in [4.78, 5) is 55.6. The minimum Gasteiger partial charge on any atom is -0.394 e. The average molecular weight is 421 g/mol. The summed E-state index contributed by atoms with van der Waals surface area (Å²) in [6, 6.07) is 5.78. The number of carbonyl (C=O) groups excluding carboxylic acids is 1. The minimum absolute atomic E-state index is 0.0117. The van der Waals surface area contributed by atoms with E-state index in [1.54, 1.807) is 4.90 Å². The minimum atomic E-state index is -0.636. The van der Waals surface area contributed by atoms with Crippen LogP contribution in [0.4, 0.5) is 11.4 Å². The number of H-pyrrole nitrogens is 1. The van der Waals surface area contributed by atoms with Crippen LogP contribution in [0.25, 0.3) is 11.2 Å². The van der Waals surface area contributed by atoms with Gasteiger partial charge in [-0.05, 0) is 33.4 Å². The SMILES string of the molecule is Nc1c(N2CCc3ccc(CNC(=O)c4nc5nonc5c(=O)[nH]4)cc3C2)c(=O)c1=O. The van der Waals surface area contributed by atoms with E-state index in [2.05, 4.69) is 30.2 Å². The number of aromatic nitrogens is 4. The number of benzene rings is 1. The molecule has 0 aliphatic carbocycles. The number of amides is 1. The molecule has 3 heterocycles. The van der Waals surface area contributed by atoms with Gasteiger partial charge in [0, 0.05) is 19.6 Å². The Morgan fingerprint density at radius 2 is 2.03 bits per heavy atom. The molecule has 2 aromatic carbocycles. The van der Waals surface area contributed by atoms with E-state index in [4.69, 9.17) is 5.73 Å². The van der Waals surface area contributed by atoms with E-state index in [9.17, 15) is 19.2 Å². The number of nitrogen functional groups attached to an aromatic ring is 1. The number of nitrogens with one attached hydrogen (secondary N) is 2. The number of anilines is 2. The molecule has 0 spiro atoms. The quantitative estimate of drug-likeness (QED) is 0.345. The summed E-state index contributed by atoms with van der Waals surface area (Å²) in [6.07, 6.45) is 0.705. The highest BCUT2D eigenvalue weighted by atomic mass is 16.6. The Labute approximate surface area is 172 Å². The molecule has 4 aromatic rings.